The number of hydrogen-bond acceptors (Lipinski definition) is 4. The van der Waals surface area contributed by atoms with Crippen molar-refractivity contribution in [1.29, 1.82) is 0 Å². The fourth-order valence-corrected chi connectivity index (χ4v) is 5.64. The molecule has 7 nitrogen and oxygen atoms in total. The molecule has 1 aromatic carbocycles. The maximum Gasteiger partial charge on any atom is 0.274 e. The Morgan fingerprint density at radius 1 is 1.10 bits per heavy atom. The van der Waals surface area contributed by atoms with Gasteiger partial charge in [-0.2, -0.15) is 9.40 Å². The molecule has 1 amide bonds. The third kappa shape index (κ3) is 4.09. The second kappa shape index (κ2) is 7.91. The third-order valence-corrected chi connectivity index (χ3v) is 7.61. The number of nitrogens with zero attached hydrogens (tertiary/aromatic N) is 3. The van der Waals surface area contributed by atoms with Gasteiger partial charge in [-0.15, -0.1) is 0 Å². The SMILES string of the molecule is CC(C)Cc1cc(C(=O)N2CCN(S(=O)(=O)c3ccc4c(c3)CCC4)CC2)n[nH]1. The molecule has 1 saturated heterocycles. The molecule has 1 aliphatic carbocycles. The first-order valence-electron chi connectivity index (χ1n) is 10.3. The molecule has 0 atom stereocenters. The molecule has 0 bridgehead atoms. The topological polar surface area (TPSA) is 86.4 Å². The Hall–Kier alpha value is -2.19. The lowest BCUT2D eigenvalue weighted by Gasteiger charge is -2.33. The van der Waals surface area contributed by atoms with E-state index in [0.29, 0.717) is 42.7 Å². The Morgan fingerprint density at radius 2 is 1.83 bits per heavy atom. The van der Waals surface area contributed by atoms with Crippen molar-refractivity contribution in [2.24, 2.45) is 5.92 Å². The van der Waals surface area contributed by atoms with Crippen LogP contribution in [0.4, 0.5) is 0 Å². The summed E-state index contributed by atoms with van der Waals surface area (Å²) in [5.74, 6) is 0.331. The number of aromatic nitrogens is 2. The van der Waals surface area contributed by atoms with E-state index in [1.54, 1.807) is 17.0 Å². The molecule has 1 fully saturated rings. The summed E-state index contributed by atoms with van der Waals surface area (Å²) in [5, 5.41) is 7.07. The number of rotatable bonds is 5. The predicted octanol–water partition coefficient (Wildman–Crippen LogP) is 2.24. The molecule has 4 rings (SSSR count). The number of sulfonamides is 1. The molecule has 8 heteroatoms. The number of carbonyl (C=O) groups is 1. The molecule has 2 aromatic rings. The molecule has 1 aromatic heterocycles. The highest BCUT2D eigenvalue weighted by Gasteiger charge is 2.31. The van der Waals surface area contributed by atoms with Gasteiger partial charge in [0.1, 0.15) is 5.69 Å². The zero-order valence-corrected chi connectivity index (χ0v) is 17.8. The van der Waals surface area contributed by atoms with Gasteiger partial charge < -0.3 is 4.90 Å². The van der Waals surface area contributed by atoms with E-state index in [1.807, 2.05) is 12.1 Å². The highest BCUT2D eigenvalue weighted by Crippen LogP contribution is 2.27. The van der Waals surface area contributed by atoms with Crippen molar-refractivity contribution < 1.29 is 13.2 Å². The fourth-order valence-electron chi connectivity index (χ4n) is 4.17. The number of nitrogens with one attached hydrogen (secondary N) is 1. The number of aromatic amines is 1. The van der Waals surface area contributed by atoms with Gasteiger partial charge in [0.15, 0.2) is 0 Å². The molecule has 0 unspecified atom stereocenters. The summed E-state index contributed by atoms with van der Waals surface area (Å²) in [5.41, 5.74) is 3.75. The number of benzene rings is 1. The zero-order chi connectivity index (χ0) is 20.6. The smallest absolute Gasteiger partial charge is 0.274 e. The average Bonchev–Trinajstić information content (AvgIpc) is 3.35. The normalized spacial score (nSPS) is 17.7. The van der Waals surface area contributed by atoms with Gasteiger partial charge in [0.05, 0.1) is 4.90 Å². The maximum atomic E-state index is 13.0. The number of amides is 1. The predicted molar refractivity (Wildman–Crippen MR) is 110 cm³/mol. The van der Waals surface area contributed by atoms with Crippen molar-refractivity contribution in [2.75, 3.05) is 26.2 Å². The Bertz CT molecular complexity index is 1000. The van der Waals surface area contributed by atoms with Crippen molar-refractivity contribution in [3.8, 4) is 0 Å². The number of H-pyrrole nitrogens is 1. The van der Waals surface area contributed by atoms with Crippen molar-refractivity contribution in [3.63, 3.8) is 0 Å². The second-order valence-corrected chi connectivity index (χ2v) is 10.3. The van der Waals surface area contributed by atoms with Crippen molar-refractivity contribution in [1.82, 2.24) is 19.4 Å². The first-order chi connectivity index (χ1) is 13.8. The number of piperazine rings is 1. The summed E-state index contributed by atoms with van der Waals surface area (Å²) in [6.45, 7) is 5.57. The summed E-state index contributed by atoms with van der Waals surface area (Å²) in [6.07, 6.45) is 3.91. The lowest BCUT2D eigenvalue weighted by Crippen LogP contribution is -2.50. The van der Waals surface area contributed by atoms with Gasteiger partial charge in [0, 0.05) is 31.9 Å². The molecule has 29 heavy (non-hydrogen) atoms. The number of hydrogen-bond donors (Lipinski definition) is 1. The van der Waals surface area contributed by atoms with E-state index >= 15 is 0 Å². The standard InChI is InChI=1S/C21H28N4O3S/c1-15(2)12-18-14-20(23-22-18)21(26)24-8-10-25(11-9-24)29(27,28)19-7-6-16-4-3-5-17(16)13-19/h6-7,13-15H,3-5,8-12H2,1-2H3,(H,22,23). The number of aryl methyl sites for hydroxylation is 2. The highest BCUT2D eigenvalue weighted by molar-refractivity contribution is 7.89. The highest BCUT2D eigenvalue weighted by atomic mass is 32.2. The molecule has 0 spiro atoms. The molecule has 2 aliphatic rings. The molecule has 0 radical (unpaired) electrons. The lowest BCUT2D eigenvalue weighted by atomic mass is 10.1. The van der Waals surface area contributed by atoms with E-state index in [-0.39, 0.29) is 5.91 Å². The quantitative estimate of drug-likeness (QED) is 0.810. The molecule has 1 aliphatic heterocycles. The minimum absolute atomic E-state index is 0.147. The lowest BCUT2D eigenvalue weighted by molar-refractivity contribution is 0.0692. The van der Waals surface area contributed by atoms with Crippen LogP contribution in [0.5, 0.6) is 0 Å². The summed E-state index contributed by atoms with van der Waals surface area (Å²) < 4.78 is 27.6. The molecule has 0 saturated carbocycles. The third-order valence-electron chi connectivity index (χ3n) is 5.71. The van der Waals surface area contributed by atoms with Crippen LogP contribution >= 0.6 is 0 Å². The minimum Gasteiger partial charge on any atom is -0.335 e. The molecule has 1 N–H and O–H groups in total. The zero-order valence-electron chi connectivity index (χ0n) is 17.0. The van der Waals surface area contributed by atoms with Gasteiger partial charge in [0.25, 0.3) is 5.91 Å². The van der Waals surface area contributed by atoms with Gasteiger partial charge in [-0.3, -0.25) is 9.89 Å². The minimum atomic E-state index is -3.53. The second-order valence-electron chi connectivity index (χ2n) is 8.36. The summed E-state index contributed by atoms with van der Waals surface area (Å²) >= 11 is 0. The Kier molecular flexibility index (Phi) is 5.48. The van der Waals surface area contributed by atoms with E-state index in [1.165, 1.54) is 9.87 Å². The number of fused-ring (bicyclic) bond motifs is 1. The van der Waals surface area contributed by atoms with Gasteiger partial charge in [-0.25, -0.2) is 8.42 Å². The molecule has 156 valence electrons. The maximum absolute atomic E-state index is 13.0. The number of carbonyl (C=O) groups excluding carboxylic acids is 1. The van der Waals surface area contributed by atoms with Crippen LogP contribution in [0.2, 0.25) is 0 Å². The molecular weight excluding hydrogens is 388 g/mol. The molecule has 2 heterocycles. The van der Waals surface area contributed by atoms with Crippen LogP contribution in [-0.4, -0.2) is 59.9 Å². The Balaban J connectivity index is 1.41. The summed E-state index contributed by atoms with van der Waals surface area (Å²) in [4.78, 5) is 14.8. The Labute approximate surface area is 172 Å². The first kappa shape index (κ1) is 20.1. The van der Waals surface area contributed by atoms with Crippen LogP contribution in [-0.2, 0) is 29.3 Å². The van der Waals surface area contributed by atoms with Crippen LogP contribution in [0, 0.1) is 5.92 Å². The van der Waals surface area contributed by atoms with E-state index in [9.17, 15) is 13.2 Å². The monoisotopic (exact) mass is 416 g/mol. The van der Waals surface area contributed by atoms with E-state index in [0.717, 1.165) is 36.9 Å². The van der Waals surface area contributed by atoms with Crippen molar-refractivity contribution >= 4 is 15.9 Å². The van der Waals surface area contributed by atoms with E-state index < -0.39 is 10.0 Å². The summed E-state index contributed by atoms with van der Waals surface area (Å²) in [6, 6.07) is 7.30. The van der Waals surface area contributed by atoms with E-state index in [2.05, 4.69) is 24.0 Å². The van der Waals surface area contributed by atoms with E-state index in [4.69, 9.17) is 0 Å². The van der Waals surface area contributed by atoms with Crippen LogP contribution in [0.3, 0.4) is 0 Å². The summed E-state index contributed by atoms with van der Waals surface area (Å²) in [7, 11) is -3.53. The Morgan fingerprint density at radius 3 is 2.55 bits per heavy atom. The molecular formula is C21H28N4O3S. The fraction of sp³-hybridized carbons (Fsp3) is 0.524. The van der Waals surface area contributed by atoms with Crippen LogP contribution in [0.15, 0.2) is 29.2 Å². The van der Waals surface area contributed by atoms with Crippen molar-refractivity contribution in [3.05, 3.63) is 46.8 Å². The van der Waals surface area contributed by atoms with Gasteiger partial charge in [-0.1, -0.05) is 19.9 Å². The van der Waals surface area contributed by atoms with Gasteiger partial charge in [0.2, 0.25) is 10.0 Å². The van der Waals surface area contributed by atoms with Crippen LogP contribution in [0.1, 0.15) is 47.6 Å². The van der Waals surface area contributed by atoms with Gasteiger partial charge >= 0.3 is 0 Å². The van der Waals surface area contributed by atoms with Gasteiger partial charge in [-0.05, 0) is 60.9 Å². The van der Waals surface area contributed by atoms with Crippen molar-refractivity contribution in [2.45, 2.75) is 44.4 Å². The largest absolute Gasteiger partial charge is 0.335 e. The first-order valence-corrected chi connectivity index (χ1v) is 11.7. The van der Waals surface area contributed by atoms with Crippen LogP contribution in [0.25, 0.3) is 0 Å². The average molecular weight is 417 g/mol. The van der Waals surface area contributed by atoms with Crippen LogP contribution < -0.4 is 0 Å².